The van der Waals surface area contributed by atoms with Crippen LogP contribution >= 0.6 is 0 Å². The Morgan fingerprint density at radius 1 is 1.45 bits per heavy atom. The van der Waals surface area contributed by atoms with Crippen LogP contribution in [0.25, 0.3) is 0 Å². The molecular weight excluding hydrogens is 136 g/mol. The second-order valence-corrected chi connectivity index (χ2v) is 4.59. The van der Waals surface area contributed by atoms with Gasteiger partial charge in [-0.25, -0.2) is 0 Å². The third-order valence-electron chi connectivity index (χ3n) is 3.23. The highest BCUT2D eigenvalue weighted by Crippen LogP contribution is 2.44. The summed E-state index contributed by atoms with van der Waals surface area (Å²) in [5, 5.41) is 0. The molecule has 1 aliphatic carbocycles. The van der Waals surface area contributed by atoms with Crippen molar-refractivity contribution in [2.45, 2.75) is 33.2 Å². The summed E-state index contributed by atoms with van der Waals surface area (Å²) in [6.45, 7) is 7.50. The third kappa shape index (κ3) is 1.42. The average molecular weight is 156 g/mol. The molecule has 1 rings (SSSR count). The Balaban J connectivity index is 2.73. The normalized spacial score (nSPS) is 42.8. The molecule has 2 heteroatoms. The van der Waals surface area contributed by atoms with Crippen LogP contribution < -0.4 is 11.5 Å². The van der Waals surface area contributed by atoms with Crippen LogP contribution in [0.15, 0.2) is 0 Å². The summed E-state index contributed by atoms with van der Waals surface area (Å²) in [6, 6.07) is 0.315. The molecule has 2 nitrogen and oxygen atoms in total. The molecule has 1 saturated carbocycles. The van der Waals surface area contributed by atoms with E-state index in [9.17, 15) is 0 Å². The van der Waals surface area contributed by atoms with Gasteiger partial charge < -0.3 is 11.5 Å². The van der Waals surface area contributed by atoms with E-state index >= 15 is 0 Å². The lowest BCUT2D eigenvalue weighted by atomic mass is 9.81. The number of hydrogen-bond donors (Lipinski definition) is 2. The first-order valence-corrected chi connectivity index (χ1v) is 4.44. The van der Waals surface area contributed by atoms with E-state index in [1.165, 1.54) is 6.42 Å². The highest BCUT2D eigenvalue weighted by atomic mass is 14.8. The lowest BCUT2D eigenvalue weighted by molar-refractivity contribution is 0.253. The van der Waals surface area contributed by atoms with E-state index in [1.807, 2.05) is 0 Å². The fourth-order valence-corrected chi connectivity index (χ4v) is 2.51. The minimum Gasteiger partial charge on any atom is -0.330 e. The van der Waals surface area contributed by atoms with Crippen LogP contribution in [0.1, 0.15) is 27.2 Å². The van der Waals surface area contributed by atoms with Crippen molar-refractivity contribution in [1.82, 2.24) is 0 Å². The van der Waals surface area contributed by atoms with Crippen molar-refractivity contribution in [1.29, 1.82) is 0 Å². The molecule has 0 unspecified atom stereocenters. The molecule has 11 heavy (non-hydrogen) atoms. The van der Waals surface area contributed by atoms with Gasteiger partial charge in [0.25, 0.3) is 0 Å². The first-order chi connectivity index (χ1) is 4.99. The van der Waals surface area contributed by atoms with Gasteiger partial charge in [-0.05, 0) is 30.2 Å². The summed E-state index contributed by atoms with van der Waals surface area (Å²) >= 11 is 0. The summed E-state index contributed by atoms with van der Waals surface area (Å²) in [7, 11) is 0. The molecule has 0 aromatic rings. The molecule has 0 bridgehead atoms. The monoisotopic (exact) mass is 156 g/mol. The summed E-state index contributed by atoms with van der Waals surface area (Å²) in [4.78, 5) is 0. The zero-order valence-corrected chi connectivity index (χ0v) is 7.80. The fourth-order valence-electron chi connectivity index (χ4n) is 2.51. The van der Waals surface area contributed by atoms with Crippen LogP contribution in [0.5, 0.6) is 0 Å². The van der Waals surface area contributed by atoms with E-state index in [0.717, 1.165) is 6.54 Å². The molecule has 4 N–H and O–H groups in total. The maximum Gasteiger partial charge on any atom is 0.0110 e. The van der Waals surface area contributed by atoms with Crippen LogP contribution in [0.2, 0.25) is 0 Å². The Bertz CT molecular complexity index is 142. The SMILES string of the molecule is C[C@@H]1CC(C)(C)[C@H](CN)[C@H]1N. The second kappa shape index (κ2) is 2.76. The van der Waals surface area contributed by atoms with Gasteiger partial charge in [0.05, 0.1) is 0 Å². The summed E-state index contributed by atoms with van der Waals surface area (Å²) < 4.78 is 0. The Labute approximate surface area is 69.3 Å². The predicted molar refractivity (Wildman–Crippen MR) is 48.1 cm³/mol. The summed E-state index contributed by atoms with van der Waals surface area (Å²) in [6.07, 6.45) is 1.22. The maximum absolute atomic E-state index is 6.03. The van der Waals surface area contributed by atoms with Gasteiger partial charge in [-0.3, -0.25) is 0 Å². The minimum atomic E-state index is 0.315. The molecule has 0 aliphatic heterocycles. The van der Waals surface area contributed by atoms with Crippen molar-refractivity contribution in [3.8, 4) is 0 Å². The third-order valence-corrected chi connectivity index (χ3v) is 3.23. The highest BCUT2D eigenvalue weighted by molar-refractivity contribution is 4.97. The fraction of sp³-hybridized carbons (Fsp3) is 1.00. The number of rotatable bonds is 1. The molecular formula is C9H20N2. The first-order valence-electron chi connectivity index (χ1n) is 4.44. The Hall–Kier alpha value is -0.0800. The van der Waals surface area contributed by atoms with Crippen molar-refractivity contribution in [2.75, 3.05) is 6.54 Å². The largest absolute Gasteiger partial charge is 0.330 e. The Morgan fingerprint density at radius 2 is 2.00 bits per heavy atom. The lowest BCUT2D eigenvalue weighted by Gasteiger charge is -2.27. The Morgan fingerprint density at radius 3 is 2.18 bits per heavy atom. The van der Waals surface area contributed by atoms with Crippen molar-refractivity contribution >= 4 is 0 Å². The number of nitrogens with two attached hydrogens (primary N) is 2. The van der Waals surface area contributed by atoms with E-state index in [4.69, 9.17) is 11.5 Å². The van der Waals surface area contributed by atoms with Crippen molar-refractivity contribution in [2.24, 2.45) is 28.7 Å². The van der Waals surface area contributed by atoms with Gasteiger partial charge in [0.15, 0.2) is 0 Å². The van der Waals surface area contributed by atoms with Crippen molar-refractivity contribution in [3.63, 3.8) is 0 Å². The van der Waals surface area contributed by atoms with Gasteiger partial charge in [0.1, 0.15) is 0 Å². The summed E-state index contributed by atoms with van der Waals surface area (Å²) in [5.74, 6) is 1.15. The van der Waals surface area contributed by atoms with Crippen molar-refractivity contribution < 1.29 is 0 Å². The molecule has 0 saturated heterocycles. The first kappa shape index (κ1) is 9.01. The zero-order chi connectivity index (χ0) is 8.65. The topological polar surface area (TPSA) is 52.0 Å². The van der Waals surface area contributed by atoms with Crippen LogP contribution in [0.4, 0.5) is 0 Å². The van der Waals surface area contributed by atoms with Crippen LogP contribution in [-0.2, 0) is 0 Å². The van der Waals surface area contributed by atoms with Gasteiger partial charge in [-0.15, -0.1) is 0 Å². The lowest BCUT2D eigenvalue weighted by Crippen LogP contribution is -2.38. The smallest absolute Gasteiger partial charge is 0.0110 e. The Kier molecular flexibility index (Phi) is 2.26. The van der Waals surface area contributed by atoms with E-state index in [0.29, 0.717) is 23.3 Å². The molecule has 0 spiro atoms. The standard InChI is InChI=1S/C9H20N2/c1-6-4-9(2,3)7(5-10)8(6)11/h6-8H,4-5,10-11H2,1-3H3/t6-,7-,8+/m1/s1. The zero-order valence-electron chi connectivity index (χ0n) is 7.80. The molecule has 0 radical (unpaired) electrons. The molecule has 0 aromatic carbocycles. The predicted octanol–water partition coefficient (Wildman–Crippen LogP) is 0.955. The van der Waals surface area contributed by atoms with E-state index in [2.05, 4.69) is 20.8 Å². The van der Waals surface area contributed by atoms with Gasteiger partial charge in [0.2, 0.25) is 0 Å². The summed E-state index contributed by atoms with van der Waals surface area (Å²) in [5.41, 5.74) is 12.1. The molecule has 1 aliphatic rings. The quantitative estimate of drug-likeness (QED) is 0.594. The molecule has 3 atom stereocenters. The van der Waals surface area contributed by atoms with Crippen LogP contribution in [0, 0.1) is 17.3 Å². The molecule has 66 valence electrons. The van der Waals surface area contributed by atoms with Gasteiger partial charge >= 0.3 is 0 Å². The van der Waals surface area contributed by atoms with E-state index in [-0.39, 0.29) is 0 Å². The molecule has 1 fully saturated rings. The second-order valence-electron chi connectivity index (χ2n) is 4.59. The molecule has 0 aromatic heterocycles. The van der Waals surface area contributed by atoms with E-state index < -0.39 is 0 Å². The van der Waals surface area contributed by atoms with Gasteiger partial charge in [0, 0.05) is 6.04 Å². The molecule has 0 amide bonds. The van der Waals surface area contributed by atoms with Crippen molar-refractivity contribution in [3.05, 3.63) is 0 Å². The van der Waals surface area contributed by atoms with Gasteiger partial charge in [-0.2, -0.15) is 0 Å². The molecule has 0 heterocycles. The highest BCUT2D eigenvalue weighted by Gasteiger charge is 2.43. The minimum absolute atomic E-state index is 0.315. The van der Waals surface area contributed by atoms with Crippen LogP contribution in [-0.4, -0.2) is 12.6 Å². The van der Waals surface area contributed by atoms with Crippen LogP contribution in [0.3, 0.4) is 0 Å². The maximum atomic E-state index is 6.03. The average Bonchev–Trinajstić information content (AvgIpc) is 2.03. The van der Waals surface area contributed by atoms with E-state index in [1.54, 1.807) is 0 Å². The van der Waals surface area contributed by atoms with Gasteiger partial charge in [-0.1, -0.05) is 20.8 Å². The number of hydrogen-bond acceptors (Lipinski definition) is 2.